The van der Waals surface area contributed by atoms with Gasteiger partial charge in [0.25, 0.3) is 5.91 Å². The maximum Gasteiger partial charge on any atom is 0.326 e. The van der Waals surface area contributed by atoms with Crippen molar-refractivity contribution in [3.63, 3.8) is 0 Å². The van der Waals surface area contributed by atoms with Crippen LogP contribution in [0.4, 0.5) is 14.4 Å². The number of piperidine rings is 3. The molecule has 8 aliphatic rings. The molecule has 5 aliphatic carbocycles. The number of aliphatic carboxylic acids is 1. The molecule has 8 fully saturated rings. The average molecular weight is 1330 g/mol. The molecule has 15 atom stereocenters. The lowest BCUT2D eigenvalue weighted by molar-refractivity contribution is -0.152. The van der Waals surface area contributed by atoms with Crippen LogP contribution in [-0.2, 0) is 43.2 Å². The molecule has 8 rings (SSSR count). The van der Waals surface area contributed by atoms with Gasteiger partial charge in [0.2, 0.25) is 41.2 Å². The third-order valence-corrected chi connectivity index (χ3v) is 21.6. The molecule has 536 valence electrons. The minimum Gasteiger partial charge on any atom is -0.480 e. The molecule has 3 aliphatic heterocycles. The lowest BCUT2D eigenvalue weighted by atomic mass is 9.79. The Kier molecular flexibility index (Phi) is 26.1. The van der Waals surface area contributed by atoms with Gasteiger partial charge in [0.15, 0.2) is 6.10 Å². The molecule has 3 unspecified atom stereocenters. The first-order valence-corrected chi connectivity index (χ1v) is 32.3. The number of carbonyl (C=O) groups is 12. The number of ketones is 1. The highest BCUT2D eigenvalue weighted by molar-refractivity contribution is 6.37. The quantitative estimate of drug-likeness (QED) is 0.0822. The van der Waals surface area contributed by atoms with Crippen molar-refractivity contribution >= 4 is 71.2 Å². The number of Topliss-reactive ketones (excluding diaryl/α,β-unsaturated/α-hetero) is 1. The number of nitrogens with zero attached hydrogens (tertiary/aromatic N) is 3. The monoisotopic (exact) mass is 1330 g/mol. The van der Waals surface area contributed by atoms with E-state index in [0.29, 0.717) is 38.4 Å². The third kappa shape index (κ3) is 17.2. The van der Waals surface area contributed by atoms with E-state index in [1.165, 1.54) is 30.9 Å². The Labute approximate surface area is 558 Å². The average Bonchev–Trinajstić information content (AvgIpc) is 1.54. The first-order chi connectivity index (χ1) is 41.8. The van der Waals surface area contributed by atoms with E-state index < -0.39 is 118 Å². The molecule has 13 amide bonds. The predicted octanol–water partition coefficient (Wildman–Crippen LogP) is 3.68. The number of aliphatic hydroxyl groups excluding tert-OH is 1. The normalized spacial score (nSPS) is 27.1. The number of carbonyl (C=O) groups excluding carboxylic acids is 11. The topological polar surface area (TPSA) is 403 Å². The second-order valence-electron chi connectivity index (χ2n) is 31.9. The van der Waals surface area contributed by atoms with Crippen molar-refractivity contribution < 1.29 is 67.7 Å². The lowest BCUT2D eigenvalue weighted by Crippen LogP contribution is -2.61. The zero-order valence-corrected chi connectivity index (χ0v) is 56.9. The largest absolute Gasteiger partial charge is 0.480 e. The van der Waals surface area contributed by atoms with Gasteiger partial charge in [-0.15, -0.1) is 0 Å². The molecular formula is C67H119N13O14. The number of hydrogen-bond acceptors (Lipinski definition) is 13. The van der Waals surface area contributed by atoms with E-state index in [-0.39, 0.29) is 104 Å². The zero-order valence-electron chi connectivity index (χ0n) is 56.9. The molecule has 0 aromatic rings. The Balaban J connectivity index is 0.000000369. The zero-order chi connectivity index (χ0) is 68.9. The van der Waals surface area contributed by atoms with Gasteiger partial charge in [0.05, 0.1) is 12.1 Å². The van der Waals surface area contributed by atoms with Crippen LogP contribution in [0, 0.1) is 79.8 Å². The second kappa shape index (κ2) is 30.1. The number of hydrogen-bond donors (Lipinski definition) is 12. The first kappa shape index (κ1) is 81.4. The van der Waals surface area contributed by atoms with Gasteiger partial charge in [-0.1, -0.05) is 165 Å². The molecule has 27 nitrogen and oxygen atoms in total. The van der Waals surface area contributed by atoms with Crippen molar-refractivity contribution in [2.75, 3.05) is 40.8 Å². The van der Waals surface area contributed by atoms with Crippen molar-refractivity contribution in [3.05, 3.63) is 0 Å². The van der Waals surface area contributed by atoms with Gasteiger partial charge in [-0.05, 0) is 86.8 Å². The van der Waals surface area contributed by atoms with E-state index >= 15 is 0 Å². The van der Waals surface area contributed by atoms with Crippen LogP contribution in [0.3, 0.4) is 0 Å². The molecule has 0 aromatic carbocycles. The van der Waals surface area contributed by atoms with Crippen molar-refractivity contribution in [1.29, 1.82) is 0 Å². The minimum absolute atomic E-state index is 0. The number of aliphatic hydroxyl groups is 1. The number of fused-ring (bicyclic) bond motifs is 3. The van der Waals surface area contributed by atoms with Gasteiger partial charge >= 0.3 is 24.1 Å². The van der Waals surface area contributed by atoms with Crippen LogP contribution in [0.5, 0.6) is 0 Å². The van der Waals surface area contributed by atoms with Crippen molar-refractivity contribution in [3.8, 4) is 0 Å². The summed E-state index contributed by atoms with van der Waals surface area (Å²) in [5.41, 5.74) is 8.65. The van der Waals surface area contributed by atoms with E-state index in [0.717, 1.165) is 38.5 Å². The number of nitrogens with one attached hydrogen (secondary N) is 8. The van der Waals surface area contributed by atoms with Crippen LogP contribution in [0.1, 0.15) is 178 Å². The Morgan fingerprint density at radius 1 is 0.479 bits per heavy atom. The number of amides is 13. The fraction of sp³-hybridized carbons (Fsp3) is 0.821. The van der Waals surface area contributed by atoms with E-state index in [4.69, 9.17) is 11.5 Å². The summed E-state index contributed by atoms with van der Waals surface area (Å²) < 4.78 is 0. The molecule has 0 aromatic heterocycles. The summed E-state index contributed by atoms with van der Waals surface area (Å²) in [7, 11) is 4.43. The fourth-order valence-corrected chi connectivity index (χ4v) is 15.0. The Bertz CT molecular complexity index is 2830. The molecule has 0 spiro atoms. The van der Waals surface area contributed by atoms with Crippen LogP contribution < -0.4 is 54.0 Å². The van der Waals surface area contributed by atoms with Crippen molar-refractivity contribution in [2.24, 2.45) is 91.3 Å². The SMILES string of the molecule is C.C.C.CNC(=O)N[C@H](C(=O)N1C[C@H]2[C@@H]([C@H]1C(=O)NC(CC1CCC1)C(=O)C(N)=O)C2(C)C)C(C)(C)C.CNC(=O)N[C@H](C(=O)N1C[C@H]2[C@@H]([C@H]1C(=O)NC(CC1CCC1)C(O)C(N)=O)C2(C)C)C(C)(C)C.CNC(=O)N[C@H](C(=O)N1C[C@H]2[C@@H]([C@H]1C(=O)O)C2(C)C)C(C)(C)C. The van der Waals surface area contributed by atoms with Gasteiger partial charge in [-0.25, -0.2) is 19.2 Å². The standard InChI is InChI=1S/C24H41N5O5.C24H39N5O5.C16H27N3O4.3CH4/c2*1-23(2,3)18(28-22(34)26-6)21(33)29-11-13-15(24(13,4)5)16(29)20(32)27-14(17(30)19(25)31)10-12-8-7-9-12;1-15(2,3)11(18-14(23)17-6)12(20)19-7-8-9(16(8,4)5)10(19)13(21)22;;;/h12-18,30H,7-11H2,1-6H3,(H2,25,31)(H,27,32)(H2,26,28,34);12-16,18H,7-11H2,1-6H3,(H2,25,31)(H,27,32)(H2,26,28,34);8-11H,7H2,1-6H3,(H,21,22)(H2,17,18,23);3*1H4/t13-,14?,15-,16-,17?,18+;13-,14?,15-,16-,18+;8-,9-,10-,11+;;;/m000.../s1. The molecular weight excluding hydrogens is 1210 g/mol. The van der Waals surface area contributed by atoms with Crippen LogP contribution >= 0.6 is 0 Å². The van der Waals surface area contributed by atoms with Crippen molar-refractivity contribution in [2.45, 2.75) is 232 Å². The number of primary amides is 2. The van der Waals surface area contributed by atoms with Gasteiger partial charge in [-0.2, -0.15) is 0 Å². The molecule has 5 saturated carbocycles. The third-order valence-electron chi connectivity index (χ3n) is 21.6. The summed E-state index contributed by atoms with van der Waals surface area (Å²) in [4.78, 5) is 155. The summed E-state index contributed by atoms with van der Waals surface area (Å²) in [6.45, 7) is 30.3. The maximum atomic E-state index is 13.7. The molecule has 3 heterocycles. The number of carboxylic acid groups (broad SMARTS) is 1. The van der Waals surface area contributed by atoms with E-state index in [2.05, 4.69) is 70.2 Å². The number of urea groups is 3. The molecule has 0 bridgehead atoms. The fourth-order valence-electron chi connectivity index (χ4n) is 15.0. The van der Waals surface area contributed by atoms with E-state index in [1.807, 2.05) is 76.2 Å². The molecule has 3 saturated heterocycles. The maximum absolute atomic E-state index is 13.7. The van der Waals surface area contributed by atoms with Crippen LogP contribution in [-0.4, -0.2) is 191 Å². The molecule has 27 heteroatoms. The Hall–Kier alpha value is -6.80. The van der Waals surface area contributed by atoms with Crippen LogP contribution in [0.15, 0.2) is 0 Å². The number of carboxylic acids is 1. The smallest absolute Gasteiger partial charge is 0.326 e. The number of rotatable bonds is 19. The van der Waals surface area contributed by atoms with Gasteiger partial charge in [0, 0.05) is 46.7 Å². The van der Waals surface area contributed by atoms with Gasteiger partial charge < -0.3 is 78.9 Å². The Morgan fingerprint density at radius 3 is 1.04 bits per heavy atom. The van der Waals surface area contributed by atoms with Crippen molar-refractivity contribution in [1.82, 2.24) is 57.2 Å². The molecule has 14 N–H and O–H groups in total. The summed E-state index contributed by atoms with van der Waals surface area (Å²) in [6, 6.07) is -7.96. The number of nitrogens with two attached hydrogens (primary N) is 2. The van der Waals surface area contributed by atoms with Gasteiger partial charge in [0.1, 0.15) is 36.3 Å². The van der Waals surface area contributed by atoms with Crippen LogP contribution in [0.25, 0.3) is 0 Å². The summed E-state index contributed by atoms with van der Waals surface area (Å²) in [5, 5.41) is 41.1. The summed E-state index contributed by atoms with van der Waals surface area (Å²) in [6.07, 6.45) is 5.37. The molecule has 94 heavy (non-hydrogen) atoms. The van der Waals surface area contributed by atoms with Crippen LogP contribution in [0.2, 0.25) is 0 Å². The highest BCUT2D eigenvalue weighted by Crippen LogP contribution is 2.67. The highest BCUT2D eigenvalue weighted by atomic mass is 16.4. The second-order valence-corrected chi connectivity index (χ2v) is 31.9. The predicted molar refractivity (Wildman–Crippen MR) is 356 cm³/mol. The summed E-state index contributed by atoms with van der Waals surface area (Å²) >= 11 is 0. The number of likely N-dealkylation sites (tertiary alicyclic amines) is 3. The van der Waals surface area contributed by atoms with Gasteiger partial charge in [-0.3, -0.25) is 38.4 Å². The lowest BCUT2D eigenvalue weighted by Gasteiger charge is -2.38. The highest BCUT2D eigenvalue weighted by Gasteiger charge is 2.72. The molecule has 0 radical (unpaired) electrons. The van der Waals surface area contributed by atoms with E-state index in [9.17, 15) is 67.7 Å². The van der Waals surface area contributed by atoms with E-state index in [1.54, 1.807) is 4.90 Å². The first-order valence-electron chi connectivity index (χ1n) is 32.3. The summed E-state index contributed by atoms with van der Waals surface area (Å²) in [5.74, 6) is -4.53. The minimum atomic E-state index is -1.49. The Morgan fingerprint density at radius 2 is 0.777 bits per heavy atom.